The molecule has 0 aliphatic carbocycles. The molecule has 1 aromatic heterocycles. The van der Waals surface area contributed by atoms with E-state index in [-0.39, 0.29) is 11.9 Å². The predicted octanol–water partition coefficient (Wildman–Crippen LogP) is 1.41. The molecule has 0 aromatic carbocycles. The normalized spacial score (nSPS) is 19.9. The number of likely N-dealkylation sites (N-methyl/N-ethyl adjacent to an activating group) is 1. The Kier molecular flexibility index (Phi) is 4.26. The number of thiophene rings is 1. The van der Waals surface area contributed by atoms with Crippen LogP contribution >= 0.6 is 23.1 Å². The van der Waals surface area contributed by atoms with Gasteiger partial charge in [0.15, 0.2) is 0 Å². The Bertz CT molecular complexity index is 334. The number of nitrogens with one attached hydrogen (secondary N) is 1. The maximum atomic E-state index is 12.0. The minimum absolute atomic E-state index is 0.0262. The van der Waals surface area contributed by atoms with Gasteiger partial charge in [0.25, 0.3) is 0 Å². The van der Waals surface area contributed by atoms with Crippen molar-refractivity contribution in [3.63, 3.8) is 0 Å². The van der Waals surface area contributed by atoms with Crippen LogP contribution in [0.15, 0.2) is 17.5 Å². The molecule has 16 heavy (non-hydrogen) atoms. The van der Waals surface area contributed by atoms with Crippen LogP contribution in [0.1, 0.15) is 4.88 Å². The summed E-state index contributed by atoms with van der Waals surface area (Å²) in [5, 5.41) is 5.28. The second-order valence-electron chi connectivity index (χ2n) is 3.86. The molecule has 0 radical (unpaired) electrons. The second kappa shape index (κ2) is 5.70. The van der Waals surface area contributed by atoms with Gasteiger partial charge in [0.2, 0.25) is 5.91 Å². The maximum Gasteiger partial charge on any atom is 0.240 e. The first-order chi connectivity index (χ1) is 7.77. The average molecular weight is 256 g/mol. The summed E-state index contributed by atoms with van der Waals surface area (Å²) in [5.41, 5.74) is 0. The summed E-state index contributed by atoms with van der Waals surface area (Å²) >= 11 is 3.54. The zero-order valence-electron chi connectivity index (χ0n) is 9.31. The van der Waals surface area contributed by atoms with Gasteiger partial charge in [-0.3, -0.25) is 10.1 Å². The molecule has 1 atom stereocenters. The van der Waals surface area contributed by atoms with Gasteiger partial charge in [-0.05, 0) is 17.9 Å². The van der Waals surface area contributed by atoms with Crippen molar-refractivity contribution in [2.45, 2.75) is 12.5 Å². The molecule has 1 unspecified atom stereocenters. The molecule has 1 aliphatic heterocycles. The van der Waals surface area contributed by atoms with Crippen molar-refractivity contribution in [1.82, 2.24) is 10.2 Å². The Labute approximate surface area is 104 Å². The number of nitrogens with zero attached hydrogens (tertiary/aromatic N) is 1. The van der Waals surface area contributed by atoms with Crippen molar-refractivity contribution in [2.75, 3.05) is 25.2 Å². The van der Waals surface area contributed by atoms with E-state index in [1.165, 1.54) is 4.88 Å². The summed E-state index contributed by atoms with van der Waals surface area (Å²) in [5.74, 6) is 2.03. The van der Waals surface area contributed by atoms with E-state index in [4.69, 9.17) is 0 Å². The summed E-state index contributed by atoms with van der Waals surface area (Å²) in [4.78, 5) is 15.1. The molecule has 0 saturated carbocycles. The van der Waals surface area contributed by atoms with Gasteiger partial charge >= 0.3 is 0 Å². The van der Waals surface area contributed by atoms with E-state index in [1.54, 1.807) is 23.1 Å². The number of amides is 1. The summed E-state index contributed by atoms with van der Waals surface area (Å²) in [6, 6.07) is 4.20. The van der Waals surface area contributed by atoms with Crippen LogP contribution in [0.3, 0.4) is 0 Å². The number of rotatable bonds is 4. The van der Waals surface area contributed by atoms with Gasteiger partial charge < -0.3 is 4.90 Å². The van der Waals surface area contributed by atoms with Gasteiger partial charge in [0.05, 0.1) is 6.04 Å². The van der Waals surface area contributed by atoms with Crippen molar-refractivity contribution in [2.24, 2.45) is 0 Å². The Hall–Kier alpha value is -0.520. The third-order valence-corrected chi connectivity index (χ3v) is 4.54. The average Bonchev–Trinajstić information content (AvgIpc) is 2.96. The summed E-state index contributed by atoms with van der Waals surface area (Å²) in [7, 11) is 1.89. The number of hydrogen-bond acceptors (Lipinski definition) is 4. The highest BCUT2D eigenvalue weighted by Crippen LogP contribution is 2.13. The maximum absolute atomic E-state index is 12.0. The fourth-order valence-electron chi connectivity index (χ4n) is 1.66. The highest BCUT2D eigenvalue weighted by Gasteiger charge is 2.24. The van der Waals surface area contributed by atoms with Crippen LogP contribution in [0.25, 0.3) is 0 Å². The molecule has 1 aliphatic rings. The van der Waals surface area contributed by atoms with Gasteiger partial charge in [-0.25, -0.2) is 0 Å². The largest absolute Gasteiger partial charge is 0.344 e. The summed E-state index contributed by atoms with van der Waals surface area (Å²) in [6.45, 7) is 0.808. The Morgan fingerprint density at radius 3 is 3.19 bits per heavy atom. The van der Waals surface area contributed by atoms with E-state index in [2.05, 4.69) is 22.8 Å². The van der Waals surface area contributed by atoms with Crippen LogP contribution in [0, 0.1) is 0 Å². The Morgan fingerprint density at radius 1 is 1.69 bits per heavy atom. The lowest BCUT2D eigenvalue weighted by molar-refractivity contribution is -0.131. The standard InChI is InChI=1S/C11H16N2OS2/c1-13(5-4-9-3-2-6-16-9)11(14)10-7-15-8-12-10/h2-3,6,10,12H,4-5,7-8H2,1H3. The molecule has 3 nitrogen and oxygen atoms in total. The van der Waals surface area contributed by atoms with Crippen molar-refractivity contribution in [3.8, 4) is 0 Å². The van der Waals surface area contributed by atoms with Crippen molar-refractivity contribution < 1.29 is 4.79 Å². The Morgan fingerprint density at radius 2 is 2.56 bits per heavy atom. The summed E-state index contributed by atoms with van der Waals surface area (Å²) in [6.07, 6.45) is 0.958. The Balaban J connectivity index is 1.78. The molecule has 2 rings (SSSR count). The minimum atomic E-state index is 0.0262. The molecule has 2 heterocycles. The quantitative estimate of drug-likeness (QED) is 0.884. The van der Waals surface area contributed by atoms with Gasteiger partial charge in [0.1, 0.15) is 0 Å². The molecular weight excluding hydrogens is 240 g/mol. The fraction of sp³-hybridized carbons (Fsp3) is 0.545. The fourth-order valence-corrected chi connectivity index (χ4v) is 3.29. The van der Waals surface area contributed by atoms with Crippen LogP contribution in [-0.4, -0.2) is 42.1 Å². The third-order valence-electron chi connectivity index (χ3n) is 2.66. The van der Waals surface area contributed by atoms with E-state index in [0.29, 0.717) is 0 Å². The lowest BCUT2D eigenvalue weighted by atomic mass is 10.2. The van der Waals surface area contributed by atoms with E-state index in [1.807, 2.05) is 11.9 Å². The molecule has 0 spiro atoms. The highest BCUT2D eigenvalue weighted by molar-refractivity contribution is 7.99. The number of thioether (sulfide) groups is 1. The molecule has 1 N–H and O–H groups in total. The van der Waals surface area contributed by atoms with Crippen LogP contribution in [0.4, 0.5) is 0 Å². The van der Waals surface area contributed by atoms with Crippen LogP contribution in [0.5, 0.6) is 0 Å². The molecule has 1 fully saturated rings. The van der Waals surface area contributed by atoms with Crippen LogP contribution in [0.2, 0.25) is 0 Å². The zero-order chi connectivity index (χ0) is 11.4. The lowest BCUT2D eigenvalue weighted by Crippen LogP contribution is -2.43. The van der Waals surface area contributed by atoms with Crippen LogP contribution in [-0.2, 0) is 11.2 Å². The topological polar surface area (TPSA) is 32.3 Å². The smallest absolute Gasteiger partial charge is 0.240 e. The van der Waals surface area contributed by atoms with Gasteiger partial charge in [-0.1, -0.05) is 6.07 Å². The molecule has 0 bridgehead atoms. The van der Waals surface area contributed by atoms with Crippen molar-refractivity contribution in [1.29, 1.82) is 0 Å². The second-order valence-corrected chi connectivity index (χ2v) is 5.92. The minimum Gasteiger partial charge on any atom is -0.344 e. The molecule has 5 heteroatoms. The third kappa shape index (κ3) is 2.99. The first-order valence-electron chi connectivity index (χ1n) is 5.36. The summed E-state index contributed by atoms with van der Waals surface area (Å²) < 4.78 is 0. The molecule has 1 aromatic rings. The molecule has 1 amide bonds. The van der Waals surface area contributed by atoms with Crippen molar-refractivity contribution in [3.05, 3.63) is 22.4 Å². The number of hydrogen-bond donors (Lipinski definition) is 1. The monoisotopic (exact) mass is 256 g/mol. The van der Waals surface area contributed by atoms with Gasteiger partial charge in [-0.15, -0.1) is 23.1 Å². The zero-order valence-corrected chi connectivity index (χ0v) is 10.9. The first kappa shape index (κ1) is 12.0. The number of carbonyl (C=O) groups excluding carboxylic acids is 1. The van der Waals surface area contributed by atoms with E-state index < -0.39 is 0 Å². The van der Waals surface area contributed by atoms with Gasteiger partial charge in [0, 0.05) is 30.1 Å². The van der Waals surface area contributed by atoms with Crippen molar-refractivity contribution >= 4 is 29.0 Å². The predicted molar refractivity (Wildman–Crippen MR) is 69.9 cm³/mol. The SMILES string of the molecule is CN(CCc1cccs1)C(=O)C1CSCN1. The first-order valence-corrected chi connectivity index (χ1v) is 7.39. The van der Waals surface area contributed by atoms with E-state index >= 15 is 0 Å². The van der Waals surface area contributed by atoms with E-state index in [0.717, 1.165) is 24.6 Å². The molecule has 88 valence electrons. The van der Waals surface area contributed by atoms with Crippen LogP contribution < -0.4 is 5.32 Å². The molecular formula is C11H16N2OS2. The van der Waals surface area contributed by atoms with E-state index in [9.17, 15) is 4.79 Å². The highest BCUT2D eigenvalue weighted by atomic mass is 32.2. The number of carbonyl (C=O) groups is 1. The lowest BCUT2D eigenvalue weighted by Gasteiger charge is -2.20. The van der Waals surface area contributed by atoms with Gasteiger partial charge in [-0.2, -0.15) is 0 Å². The molecule has 1 saturated heterocycles.